The SMILES string of the molecule is Cc1cccc(OCc2nc(CCN(C)C(=O)NC(C)C)no2)c1. The van der Waals surface area contributed by atoms with Crippen LogP contribution < -0.4 is 10.1 Å². The van der Waals surface area contributed by atoms with Crippen LogP contribution in [0.15, 0.2) is 28.8 Å². The van der Waals surface area contributed by atoms with Crippen molar-refractivity contribution >= 4 is 6.03 Å². The highest BCUT2D eigenvalue weighted by molar-refractivity contribution is 5.74. The van der Waals surface area contributed by atoms with E-state index in [1.165, 1.54) is 0 Å². The average molecular weight is 332 g/mol. The minimum atomic E-state index is -0.114. The van der Waals surface area contributed by atoms with Gasteiger partial charge in [-0.3, -0.25) is 0 Å². The fraction of sp³-hybridized carbons (Fsp3) is 0.471. The van der Waals surface area contributed by atoms with Crippen molar-refractivity contribution in [3.8, 4) is 5.75 Å². The molecule has 130 valence electrons. The second kappa shape index (κ2) is 8.33. The molecule has 0 fully saturated rings. The summed E-state index contributed by atoms with van der Waals surface area (Å²) in [5.74, 6) is 1.74. The van der Waals surface area contributed by atoms with Crippen LogP contribution in [0.1, 0.15) is 31.1 Å². The van der Waals surface area contributed by atoms with Crippen molar-refractivity contribution in [2.75, 3.05) is 13.6 Å². The molecule has 0 aliphatic heterocycles. The smallest absolute Gasteiger partial charge is 0.317 e. The van der Waals surface area contributed by atoms with Crippen LogP contribution in [-0.4, -0.2) is 40.7 Å². The van der Waals surface area contributed by atoms with Gasteiger partial charge in [0.1, 0.15) is 5.75 Å². The molecule has 1 N–H and O–H groups in total. The second-order valence-electron chi connectivity index (χ2n) is 5.99. The number of aromatic nitrogens is 2. The first-order valence-corrected chi connectivity index (χ1v) is 7.96. The minimum Gasteiger partial charge on any atom is -0.484 e. The lowest BCUT2D eigenvalue weighted by Gasteiger charge is -2.18. The molecule has 0 aliphatic carbocycles. The number of nitrogens with zero attached hydrogens (tertiary/aromatic N) is 3. The van der Waals surface area contributed by atoms with Crippen molar-refractivity contribution < 1.29 is 14.1 Å². The van der Waals surface area contributed by atoms with E-state index in [0.29, 0.717) is 24.7 Å². The molecule has 0 spiro atoms. The summed E-state index contributed by atoms with van der Waals surface area (Å²) in [7, 11) is 1.74. The van der Waals surface area contributed by atoms with Crippen LogP contribution in [0.3, 0.4) is 0 Å². The molecule has 24 heavy (non-hydrogen) atoms. The predicted molar refractivity (Wildman–Crippen MR) is 89.8 cm³/mol. The van der Waals surface area contributed by atoms with Crippen LogP contribution in [0.2, 0.25) is 0 Å². The molecular weight excluding hydrogens is 308 g/mol. The third kappa shape index (κ3) is 5.57. The number of urea groups is 1. The first kappa shape index (κ1) is 17.8. The number of benzene rings is 1. The number of aryl methyl sites for hydroxylation is 1. The van der Waals surface area contributed by atoms with Gasteiger partial charge in [0, 0.05) is 26.1 Å². The van der Waals surface area contributed by atoms with Crippen molar-refractivity contribution in [2.24, 2.45) is 0 Å². The fourth-order valence-electron chi connectivity index (χ4n) is 2.03. The summed E-state index contributed by atoms with van der Waals surface area (Å²) in [6.07, 6.45) is 0.524. The molecule has 0 aliphatic rings. The maximum Gasteiger partial charge on any atom is 0.317 e. The number of likely N-dealkylation sites (N-methyl/N-ethyl adjacent to an activating group) is 1. The lowest BCUT2D eigenvalue weighted by atomic mass is 10.2. The van der Waals surface area contributed by atoms with Gasteiger partial charge in [-0.2, -0.15) is 4.98 Å². The summed E-state index contributed by atoms with van der Waals surface area (Å²) >= 11 is 0. The van der Waals surface area contributed by atoms with Gasteiger partial charge in [-0.25, -0.2) is 4.79 Å². The summed E-state index contributed by atoms with van der Waals surface area (Å²) in [4.78, 5) is 17.7. The van der Waals surface area contributed by atoms with Crippen LogP contribution >= 0.6 is 0 Å². The summed E-state index contributed by atoms with van der Waals surface area (Å²) < 4.78 is 10.8. The molecule has 0 unspecified atom stereocenters. The molecule has 2 amide bonds. The van der Waals surface area contributed by atoms with Crippen LogP contribution in [0.25, 0.3) is 0 Å². The zero-order chi connectivity index (χ0) is 17.5. The van der Waals surface area contributed by atoms with Crippen molar-refractivity contribution in [2.45, 2.75) is 39.8 Å². The summed E-state index contributed by atoms with van der Waals surface area (Å²) in [5, 5.41) is 6.74. The Morgan fingerprint density at radius 1 is 1.42 bits per heavy atom. The van der Waals surface area contributed by atoms with E-state index < -0.39 is 0 Å². The molecule has 0 saturated carbocycles. The van der Waals surface area contributed by atoms with E-state index in [1.807, 2.05) is 45.0 Å². The first-order chi connectivity index (χ1) is 11.4. The van der Waals surface area contributed by atoms with E-state index in [0.717, 1.165) is 11.3 Å². The van der Waals surface area contributed by atoms with Crippen LogP contribution in [0.4, 0.5) is 4.79 Å². The van der Waals surface area contributed by atoms with E-state index >= 15 is 0 Å². The largest absolute Gasteiger partial charge is 0.484 e. The molecule has 1 aromatic carbocycles. The van der Waals surface area contributed by atoms with Gasteiger partial charge in [0.05, 0.1) is 0 Å². The normalized spacial score (nSPS) is 10.7. The van der Waals surface area contributed by atoms with E-state index in [1.54, 1.807) is 11.9 Å². The zero-order valence-electron chi connectivity index (χ0n) is 14.6. The average Bonchev–Trinajstić information content (AvgIpc) is 2.98. The fourth-order valence-corrected chi connectivity index (χ4v) is 2.03. The van der Waals surface area contributed by atoms with Crippen molar-refractivity contribution in [1.29, 1.82) is 0 Å². The quantitative estimate of drug-likeness (QED) is 0.843. The standard InChI is InChI=1S/C17H24N4O3/c1-12(2)18-17(22)21(4)9-8-15-19-16(24-20-15)11-23-14-7-5-6-13(3)10-14/h5-7,10,12H,8-9,11H2,1-4H3,(H,18,22). The summed E-state index contributed by atoms with van der Waals surface area (Å²) in [5.41, 5.74) is 1.13. The highest BCUT2D eigenvalue weighted by Gasteiger charge is 2.12. The van der Waals surface area contributed by atoms with Gasteiger partial charge < -0.3 is 19.5 Å². The van der Waals surface area contributed by atoms with Crippen LogP contribution in [0.5, 0.6) is 5.75 Å². The Hall–Kier alpha value is -2.57. The lowest BCUT2D eigenvalue weighted by molar-refractivity contribution is 0.206. The van der Waals surface area contributed by atoms with E-state index in [9.17, 15) is 4.79 Å². The van der Waals surface area contributed by atoms with E-state index in [2.05, 4.69) is 15.5 Å². The predicted octanol–water partition coefficient (Wildman–Crippen LogP) is 2.55. The Labute approximate surface area is 142 Å². The molecule has 0 bridgehead atoms. The molecule has 7 nitrogen and oxygen atoms in total. The Balaban J connectivity index is 1.79. The first-order valence-electron chi connectivity index (χ1n) is 7.96. The van der Waals surface area contributed by atoms with Gasteiger partial charge in [0.15, 0.2) is 12.4 Å². The number of ether oxygens (including phenoxy) is 1. The van der Waals surface area contributed by atoms with Crippen LogP contribution in [0, 0.1) is 6.92 Å². The van der Waals surface area contributed by atoms with Crippen molar-refractivity contribution in [3.05, 3.63) is 41.5 Å². The number of rotatable bonds is 7. The Morgan fingerprint density at radius 2 is 2.21 bits per heavy atom. The second-order valence-corrected chi connectivity index (χ2v) is 5.99. The monoisotopic (exact) mass is 332 g/mol. The van der Waals surface area contributed by atoms with Crippen LogP contribution in [-0.2, 0) is 13.0 Å². The van der Waals surface area contributed by atoms with Gasteiger partial charge in [0.2, 0.25) is 0 Å². The Bertz CT molecular complexity index is 669. The van der Waals surface area contributed by atoms with Crippen molar-refractivity contribution in [1.82, 2.24) is 20.4 Å². The number of amides is 2. The Kier molecular flexibility index (Phi) is 6.17. The molecule has 1 heterocycles. The number of hydrogen-bond donors (Lipinski definition) is 1. The Morgan fingerprint density at radius 3 is 2.92 bits per heavy atom. The topological polar surface area (TPSA) is 80.5 Å². The molecule has 0 atom stereocenters. The highest BCUT2D eigenvalue weighted by atomic mass is 16.5. The maximum absolute atomic E-state index is 11.8. The van der Waals surface area contributed by atoms with E-state index in [-0.39, 0.29) is 18.7 Å². The third-order valence-corrected chi connectivity index (χ3v) is 3.29. The highest BCUT2D eigenvalue weighted by Crippen LogP contribution is 2.14. The molecule has 1 aromatic heterocycles. The lowest BCUT2D eigenvalue weighted by Crippen LogP contribution is -2.41. The molecule has 7 heteroatoms. The molecule has 0 radical (unpaired) electrons. The molecule has 0 saturated heterocycles. The third-order valence-electron chi connectivity index (χ3n) is 3.29. The van der Waals surface area contributed by atoms with Gasteiger partial charge >= 0.3 is 6.03 Å². The number of carbonyl (C=O) groups excluding carboxylic acids is 1. The van der Waals surface area contributed by atoms with E-state index in [4.69, 9.17) is 9.26 Å². The molecule has 2 rings (SSSR count). The van der Waals surface area contributed by atoms with Gasteiger partial charge in [-0.15, -0.1) is 0 Å². The number of hydrogen-bond acceptors (Lipinski definition) is 5. The van der Waals surface area contributed by atoms with Crippen molar-refractivity contribution in [3.63, 3.8) is 0 Å². The molecule has 2 aromatic rings. The van der Waals surface area contributed by atoms with Gasteiger partial charge in [-0.1, -0.05) is 17.3 Å². The summed E-state index contributed by atoms with van der Waals surface area (Å²) in [6, 6.07) is 7.75. The maximum atomic E-state index is 11.8. The summed E-state index contributed by atoms with van der Waals surface area (Å²) in [6.45, 7) is 6.58. The number of carbonyl (C=O) groups is 1. The molecular formula is C17H24N4O3. The van der Waals surface area contributed by atoms with Gasteiger partial charge in [-0.05, 0) is 38.5 Å². The minimum absolute atomic E-state index is 0.107. The van der Waals surface area contributed by atoms with Gasteiger partial charge in [0.25, 0.3) is 5.89 Å². The zero-order valence-corrected chi connectivity index (χ0v) is 14.6. The number of nitrogens with one attached hydrogen (secondary N) is 1.